The van der Waals surface area contributed by atoms with Crippen molar-refractivity contribution in [1.82, 2.24) is 10.6 Å². The largest absolute Gasteiger partial charge is 0.472 e. The summed E-state index contributed by atoms with van der Waals surface area (Å²) < 4.78 is 0. The van der Waals surface area contributed by atoms with E-state index in [9.17, 15) is 4.79 Å². The van der Waals surface area contributed by atoms with E-state index >= 15 is 0 Å². The molecule has 0 amide bonds. The molecule has 1 unspecified atom stereocenters. The summed E-state index contributed by atoms with van der Waals surface area (Å²) in [5, 5.41) is 14.4. The van der Waals surface area contributed by atoms with Gasteiger partial charge in [0, 0.05) is 25.6 Å². The van der Waals surface area contributed by atoms with Crippen molar-refractivity contribution >= 4 is 5.97 Å². The lowest BCUT2D eigenvalue weighted by Gasteiger charge is -2.19. The maximum absolute atomic E-state index is 10.0. The van der Waals surface area contributed by atoms with Crippen LogP contribution in [0.5, 0.6) is 0 Å². The van der Waals surface area contributed by atoms with Crippen molar-refractivity contribution in [2.24, 2.45) is 0 Å². The average Bonchev–Trinajstić information content (AvgIpc) is 2.03. The second kappa shape index (κ2) is 3.96. The molecule has 0 radical (unpaired) electrons. The Bertz CT molecular complexity index is 198. The van der Waals surface area contributed by atoms with Gasteiger partial charge in [0.1, 0.15) is 0 Å². The van der Waals surface area contributed by atoms with Gasteiger partial charge < -0.3 is 15.7 Å². The lowest BCUT2D eigenvalue weighted by Crippen LogP contribution is -2.47. The molecule has 11 heavy (non-hydrogen) atoms. The highest BCUT2D eigenvalue weighted by molar-refractivity contribution is 5.86. The fourth-order valence-electron chi connectivity index (χ4n) is 0.904. The Labute approximate surface area is 65.0 Å². The highest BCUT2D eigenvalue weighted by Gasteiger charge is 2.07. The molecule has 0 bridgehead atoms. The SMILES string of the molecule is O=C(O)C#CC1CNCCN1. The summed E-state index contributed by atoms with van der Waals surface area (Å²) in [6, 6.07) is -0.0140. The topological polar surface area (TPSA) is 61.4 Å². The summed E-state index contributed by atoms with van der Waals surface area (Å²) in [5.41, 5.74) is 0. The Balaban J connectivity index is 2.36. The first kappa shape index (κ1) is 8.05. The standard InChI is InChI=1S/C7H10N2O2/c10-7(11)2-1-6-5-8-3-4-9-6/h6,8-9H,3-5H2,(H,10,11). The third-order valence-corrected chi connectivity index (χ3v) is 1.39. The number of aliphatic carboxylic acids is 1. The van der Waals surface area contributed by atoms with Gasteiger partial charge in [-0.25, -0.2) is 4.79 Å². The highest BCUT2D eigenvalue weighted by Crippen LogP contribution is 1.83. The van der Waals surface area contributed by atoms with Gasteiger partial charge in [-0.2, -0.15) is 0 Å². The van der Waals surface area contributed by atoms with E-state index in [0.717, 1.165) is 19.6 Å². The summed E-state index contributed by atoms with van der Waals surface area (Å²) in [6.45, 7) is 2.49. The maximum Gasteiger partial charge on any atom is 0.381 e. The van der Waals surface area contributed by atoms with E-state index in [0.29, 0.717) is 0 Å². The summed E-state index contributed by atoms with van der Waals surface area (Å²) in [7, 11) is 0. The molecule has 1 saturated heterocycles. The summed E-state index contributed by atoms with van der Waals surface area (Å²) >= 11 is 0. The molecule has 1 fully saturated rings. The van der Waals surface area contributed by atoms with E-state index in [-0.39, 0.29) is 6.04 Å². The van der Waals surface area contributed by atoms with Crippen LogP contribution in [0.15, 0.2) is 0 Å². The molecule has 0 aliphatic carbocycles. The molecule has 1 rings (SSSR count). The number of piperazine rings is 1. The number of carbonyl (C=O) groups is 1. The Hall–Kier alpha value is -1.05. The zero-order chi connectivity index (χ0) is 8.10. The van der Waals surface area contributed by atoms with Crippen LogP contribution in [0.4, 0.5) is 0 Å². The molecule has 0 aromatic rings. The molecule has 0 spiro atoms. The first-order chi connectivity index (χ1) is 5.29. The average molecular weight is 154 g/mol. The Morgan fingerprint density at radius 1 is 1.55 bits per heavy atom. The number of carboxylic acid groups (broad SMARTS) is 1. The first-order valence-corrected chi connectivity index (χ1v) is 3.47. The summed E-state index contributed by atoms with van der Waals surface area (Å²) in [4.78, 5) is 10.0. The summed E-state index contributed by atoms with van der Waals surface area (Å²) in [6.07, 6.45) is 0. The van der Waals surface area contributed by atoms with Crippen LogP contribution in [0.3, 0.4) is 0 Å². The van der Waals surface area contributed by atoms with Gasteiger partial charge >= 0.3 is 5.97 Å². The minimum absolute atomic E-state index is 0.0140. The van der Waals surface area contributed by atoms with Gasteiger partial charge in [0.2, 0.25) is 0 Å². The van der Waals surface area contributed by atoms with E-state index in [1.807, 2.05) is 0 Å². The molecule has 1 heterocycles. The van der Waals surface area contributed by atoms with Gasteiger partial charge in [-0.15, -0.1) is 0 Å². The van der Waals surface area contributed by atoms with Crippen LogP contribution in [0.25, 0.3) is 0 Å². The second-order valence-corrected chi connectivity index (χ2v) is 2.29. The minimum Gasteiger partial charge on any atom is -0.472 e. The number of carboxylic acids is 1. The van der Waals surface area contributed by atoms with Gasteiger partial charge in [0.25, 0.3) is 0 Å². The van der Waals surface area contributed by atoms with Crippen LogP contribution in [-0.4, -0.2) is 36.8 Å². The van der Waals surface area contributed by atoms with Crippen LogP contribution >= 0.6 is 0 Å². The monoisotopic (exact) mass is 154 g/mol. The maximum atomic E-state index is 10.0. The van der Waals surface area contributed by atoms with E-state index in [1.54, 1.807) is 0 Å². The van der Waals surface area contributed by atoms with E-state index in [4.69, 9.17) is 5.11 Å². The molecular weight excluding hydrogens is 144 g/mol. The van der Waals surface area contributed by atoms with Crippen molar-refractivity contribution in [1.29, 1.82) is 0 Å². The smallest absolute Gasteiger partial charge is 0.381 e. The van der Waals surface area contributed by atoms with Gasteiger partial charge in [-0.3, -0.25) is 0 Å². The van der Waals surface area contributed by atoms with Crippen molar-refractivity contribution < 1.29 is 9.90 Å². The normalized spacial score (nSPS) is 23.5. The highest BCUT2D eigenvalue weighted by atomic mass is 16.4. The van der Waals surface area contributed by atoms with Crippen LogP contribution in [0.2, 0.25) is 0 Å². The quantitative estimate of drug-likeness (QED) is 0.377. The third kappa shape index (κ3) is 3.03. The zero-order valence-corrected chi connectivity index (χ0v) is 6.05. The molecule has 4 nitrogen and oxygen atoms in total. The molecule has 0 aromatic heterocycles. The van der Waals surface area contributed by atoms with E-state index in [1.165, 1.54) is 0 Å². The molecule has 0 saturated carbocycles. The fourth-order valence-corrected chi connectivity index (χ4v) is 0.904. The predicted molar refractivity (Wildman–Crippen MR) is 40.1 cm³/mol. The Kier molecular flexibility index (Phi) is 2.90. The molecule has 4 heteroatoms. The van der Waals surface area contributed by atoms with Crippen molar-refractivity contribution in [3.8, 4) is 11.8 Å². The molecule has 3 N–H and O–H groups in total. The van der Waals surface area contributed by atoms with Crippen molar-refractivity contribution in [2.75, 3.05) is 19.6 Å². The molecule has 0 aromatic carbocycles. The second-order valence-electron chi connectivity index (χ2n) is 2.29. The van der Waals surface area contributed by atoms with Crippen LogP contribution in [0, 0.1) is 11.8 Å². The molecule has 1 atom stereocenters. The lowest BCUT2D eigenvalue weighted by atomic mass is 10.2. The molecule has 60 valence electrons. The van der Waals surface area contributed by atoms with E-state index in [2.05, 4.69) is 22.5 Å². The number of hydrogen-bond donors (Lipinski definition) is 3. The van der Waals surface area contributed by atoms with Crippen molar-refractivity contribution in [3.05, 3.63) is 0 Å². The Morgan fingerprint density at radius 3 is 2.91 bits per heavy atom. The van der Waals surface area contributed by atoms with Crippen LogP contribution in [0.1, 0.15) is 0 Å². The van der Waals surface area contributed by atoms with Gasteiger partial charge in [-0.1, -0.05) is 5.92 Å². The Morgan fingerprint density at radius 2 is 2.36 bits per heavy atom. The number of rotatable bonds is 0. The minimum atomic E-state index is -1.07. The number of hydrogen-bond acceptors (Lipinski definition) is 3. The number of nitrogens with one attached hydrogen (secondary N) is 2. The molecular formula is C7H10N2O2. The zero-order valence-electron chi connectivity index (χ0n) is 6.05. The van der Waals surface area contributed by atoms with Crippen molar-refractivity contribution in [2.45, 2.75) is 6.04 Å². The van der Waals surface area contributed by atoms with E-state index < -0.39 is 5.97 Å². The predicted octanol–water partition coefficient (Wildman–Crippen LogP) is -1.36. The van der Waals surface area contributed by atoms with Gasteiger partial charge in [-0.05, 0) is 0 Å². The third-order valence-electron chi connectivity index (χ3n) is 1.39. The molecule has 1 aliphatic heterocycles. The molecule has 1 aliphatic rings. The van der Waals surface area contributed by atoms with Crippen LogP contribution in [-0.2, 0) is 4.79 Å². The lowest BCUT2D eigenvalue weighted by molar-refractivity contribution is -0.130. The summed E-state index contributed by atoms with van der Waals surface area (Å²) in [5.74, 6) is 3.61. The van der Waals surface area contributed by atoms with Crippen molar-refractivity contribution in [3.63, 3.8) is 0 Å². The van der Waals surface area contributed by atoms with Gasteiger partial charge in [0.15, 0.2) is 0 Å². The van der Waals surface area contributed by atoms with Crippen LogP contribution < -0.4 is 10.6 Å². The van der Waals surface area contributed by atoms with Gasteiger partial charge in [0.05, 0.1) is 6.04 Å². The fraction of sp³-hybridized carbons (Fsp3) is 0.571. The first-order valence-electron chi connectivity index (χ1n) is 3.47.